The summed E-state index contributed by atoms with van der Waals surface area (Å²) in [6.45, 7) is 4.36. The summed E-state index contributed by atoms with van der Waals surface area (Å²) in [4.78, 5) is 20.4. The zero-order valence-corrected chi connectivity index (χ0v) is 9.46. The Bertz CT molecular complexity index is 138. The van der Waals surface area contributed by atoms with Gasteiger partial charge in [-0.1, -0.05) is 29.7 Å². The molecule has 0 N–H and O–H groups in total. The molecule has 0 bridgehead atoms. The number of Topliss-reactive ketones (excluding diaryl/α,β-unsaturated/α-hetero) is 2. The Labute approximate surface area is 115 Å². The molecule has 0 radical (unpaired) electrons. The van der Waals surface area contributed by atoms with Crippen molar-refractivity contribution in [2.75, 3.05) is 27.4 Å². The number of ether oxygens (including phenoxy) is 2. The van der Waals surface area contributed by atoms with Crippen molar-refractivity contribution in [2.45, 2.75) is 56.4 Å². The van der Waals surface area contributed by atoms with Crippen molar-refractivity contribution in [1.29, 1.82) is 0 Å². The fourth-order valence-electron chi connectivity index (χ4n) is 0.519. The number of carbonyl (C=O) groups is 2. The zero-order chi connectivity index (χ0) is 11.4. The molecule has 0 atom stereocenters. The van der Waals surface area contributed by atoms with E-state index < -0.39 is 0 Å². The SMILES string of the molecule is C.C.C.C.CC(=O)CCC(C)=O.COCCOC. The van der Waals surface area contributed by atoms with Crippen LogP contribution < -0.4 is 0 Å². The smallest absolute Gasteiger partial charge is 0.130 e. The maximum absolute atomic E-state index is 10.2. The van der Waals surface area contributed by atoms with E-state index >= 15 is 0 Å². The second-order valence-corrected chi connectivity index (χ2v) is 2.89. The van der Waals surface area contributed by atoms with Gasteiger partial charge in [0.15, 0.2) is 0 Å². The largest absolute Gasteiger partial charge is 0.382 e. The van der Waals surface area contributed by atoms with Gasteiger partial charge in [0.1, 0.15) is 11.6 Å². The van der Waals surface area contributed by atoms with Crippen LogP contribution in [0.1, 0.15) is 56.4 Å². The van der Waals surface area contributed by atoms with Crippen molar-refractivity contribution in [2.24, 2.45) is 0 Å². The minimum atomic E-state index is 0. The molecule has 0 heterocycles. The van der Waals surface area contributed by atoms with Gasteiger partial charge in [0.05, 0.1) is 13.2 Å². The Kier molecular flexibility index (Phi) is 59.7. The summed E-state index contributed by atoms with van der Waals surface area (Å²) in [7, 11) is 3.30. The average Bonchev–Trinajstić information content (AvgIpc) is 2.12. The third-order valence-corrected chi connectivity index (χ3v) is 1.32. The molecule has 18 heavy (non-hydrogen) atoms. The number of hydrogen-bond acceptors (Lipinski definition) is 4. The third-order valence-electron chi connectivity index (χ3n) is 1.32. The molecular formula is C14H36O4. The zero-order valence-electron chi connectivity index (χ0n) is 9.46. The van der Waals surface area contributed by atoms with Crippen LogP contribution in [0.4, 0.5) is 0 Å². The fraction of sp³-hybridized carbons (Fsp3) is 0.857. The molecular weight excluding hydrogens is 232 g/mol. The predicted octanol–water partition coefficient (Wildman–Crippen LogP) is 3.77. The van der Waals surface area contributed by atoms with Gasteiger partial charge in [0.25, 0.3) is 0 Å². The molecule has 0 aromatic carbocycles. The quantitative estimate of drug-likeness (QED) is 0.688. The van der Waals surface area contributed by atoms with Gasteiger partial charge in [-0.15, -0.1) is 0 Å². The van der Waals surface area contributed by atoms with E-state index in [2.05, 4.69) is 9.47 Å². The Morgan fingerprint density at radius 3 is 1.06 bits per heavy atom. The first-order chi connectivity index (χ1) is 6.54. The van der Waals surface area contributed by atoms with Gasteiger partial charge < -0.3 is 19.1 Å². The van der Waals surface area contributed by atoms with Crippen LogP contribution in [0.5, 0.6) is 0 Å². The van der Waals surface area contributed by atoms with Crippen LogP contribution >= 0.6 is 0 Å². The highest BCUT2D eigenvalue weighted by Crippen LogP contribution is 1.89. The molecule has 4 nitrogen and oxygen atoms in total. The van der Waals surface area contributed by atoms with Crippen molar-refractivity contribution in [3.05, 3.63) is 0 Å². The molecule has 0 aliphatic heterocycles. The van der Waals surface area contributed by atoms with E-state index in [1.54, 1.807) is 14.2 Å². The molecule has 0 unspecified atom stereocenters. The lowest BCUT2D eigenvalue weighted by Gasteiger charge is -1.91. The van der Waals surface area contributed by atoms with Crippen LogP contribution in [-0.2, 0) is 19.1 Å². The maximum atomic E-state index is 10.2. The first-order valence-electron chi connectivity index (χ1n) is 4.51. The summed E-state index contributed by atoms with van der Waals surface area (Å²) in [5, 5.41) is 0. The van der Waals surface area contributed by atoms with Crippen molar-refractivity contribution < 1.29 is 19.1 Å². The number of methoxy groups -OCH3 is 2. The molecule has 0 aliphatic carbocycles. The van der Waals surface area contributed by atoms with Crippen LogP contribution in [0.15, 0.2) is 0 Å². The fourth-order valence-corrected chi connectivity index (χ4v) is 0.519. The van der Waals surface area contributed by atoms with Crippen LogP contribution in [-0.4, -0.2) is 39.0 Å². The molecule has 0 rings (SSSR count). The van der Waals surface area contributed by atoms with Crippen molar-refractivity contribution in [3.63, 3.8) is 0 Å². The van der Waals surface area contributed by atoms with Crippen molar-refractivity contribution in [1.82, 2.24) is 0 Å². The average molecular weight is 268 g/mol. The summed E-state index contributed by atoms with van der Waals surface area (Å²) < 4.78 is 9.31. The number of ketones is 2. The van der Waals surface area contributed by atoms with E-state index in [-0.39, 0.29) is 41.3 Å². The van der Waals surface area contributed by atoms with Crippen molar-refractivity contribution in [3.8, 4) is 0 Å². The standard InChI is InChI=1S/C6H10O2.C4H10O2.4CH4/c1-5(7)3-4-6(2)8;1-5-3-4-6-2;;;;/h3-4H2,1-2H3;3-4H2,1-2H3;4*1H4. The molecule has 116 valence electrons. The molecule has 0 saturated carbocycles. The Balaban J connectivity index is -0.0000000335. The van der Waals surface area contributed by atoms with Gasteiger partial charge in [-0.2, -0.15) is 0 Å². The Hall–Kier alpha value is -0.740. The monoisotopic (exact) mass is 268 g/mol. The topological polar surface area (TPSA) is 52.6 Å². The summed E-state index contributed by atoms with van der Waals surface area (Å²) in [5.74, 6) is 0.167. The highest BCUT2D eigenvalue weighted by molar-refractivity contribution is 5.83. The molecule has 0 amide bonds. The van der Waals surface area contributed by atoms with E-state index in [0.29, 0.717) is 26.1 Å². The summed E-state index contributed by atoms with van der Waals surface area (Å²) in [5.41, 5.74) is 0. The maximum Gasteiger partial charge on any atom is 0.130 e. The normalized spacial score (nSPS) is 6.89. The van der Waals surface area contributed by atoms with Crippen LogP contribution in [0.2, 0.25) is 0 Å². The number of hydrogen-bond donors (Lipinski definition) is 0. The Morgan fingerprint density at radius 1 is 0.722 bits per heavy atom. The number of carbonyl (C=O) groups excluding carboxylic acids is 2. The summed E-state index contributed by atoms with van der Waals surface area (Å²) >= 11 is 0. The minimum absolute atomic E-state index is 0. The van der Waals surface area contributed by atoms with Crippen LogP contribution in [0, 0.1) is 0 Å². The van der Waals surface area contributed by atoms with E-state index in [1.165, 1.54) is 13.8 Å². The molecule has 0 fully saturated rings. The predicted molar refractivity (Wildman–Crippen MR) is 81.3 cm³/mol. The Morgan fingerprint density at radius 2 is 0.944 bits per heavy atom. The number of rotatable bonds is 6. The van der Waals surface area contributed by atoms with E-state index in [0.717, 1.165) is 0 Å². The lowest BCUT2D eigenvalue weighted by atomic mass is 10.2. The molecule has 0 aromatic heterocycles. The van der Waals surface area contributed by atoms with Crippen LogP contribution in [0.25, 0.3) is 0 Å². The molecule has 0 aliphatic rings. The first-order valence-corrected chi connectivity index (χ1v) is 4.51. The van der Waals surface area contributed by atoms with Gasteiger partial charge in [-0.25, -0.2) is 0 Å². The van der Waals surface area contributed by atoms with Gasteiger partial charge in [0, 0.05) is 27.1 Å². The van der Waals surface area contributed by atoms with E-state index in [9.17, 15) is 9.59 Å². The molecule has 0 aromatic rings. The first kappa shape index (κ1) is 36.0. The van der Waals surface area contributed by atoms with Gasteiger partial charge in [-0.05, 0) is 13.8 Å². The lowest BCUT2D eigenvalue weighted by Crippen LogP contribution is -1.96. The highest BCUT2D eigenvalue weighted by Gasteiger charge is 1.95. The second-order valence-electron chi connectivity index (χ2n) is 2.89. The minimum Gasteiger partial charge on any atom is -0.382 e. The van der Waals surface area contributed by atoms with Crippen molar-refractivity contribution >= 4 is 11.6 Å². The molecule has 0 spiro atoms. The van der Waals surface area contributed by atoms with Crippen LogP contribution in [0.3, 0.4) is 0 Å². The van der Waals surface area contributed by atoms with Gasteiger partial charge in [0.2, 0.25) is 0 Å². The third kappa shape index (κ3) is 58.9. The van der Waals surface area contributed by atoms with Gasteiger partial charge in [-0.3, -0.25) is 0 Å². The lowest BCUT2D eigenvalue weighted by molar-refractivity contribution is -0.122. The highest BCUT2D eigenvalue weighted by atomic mass is 16.5. The van der Waals surface area contributed by atoms with E-state index in [1.807, 2.05) is 0 Å². The molecule has 4 heteroatoms. The second kappa shape index (κ2) is 29.9. The summed E-state index contributed by atoms with van der Waals surface area (Å²) in [6.07, 6.45) is 0.796. The molecule has 0 saturated heterocycles. The van der Waals surface area contributed by atoms with Gasteiger partial charge >= 0.3 is 0 Å². The van der Waals surface area contributed by atoms with E-state index in [4.69, 9.17) is 0 Å². The summed E-state index contributed by atoms with van der Waals surface area (Å²) in [6, 6.07) is 0.